The Hall–Kier alpha value is -2.96. The third kappa shape index (κ3) is 8.80. The van der Waals surface area contributed by atoms with E-state index in [2.05, 4.69) is 15.0 Å². The molecule has 0 aliphatic carbocycles. The zero-order valence-corrected chi connectivity index (χ0v) is 15.7. The van der Waals surface area contributed by atoms with Gasteiger partial charge in [0, 0.05) is 35.9 Å². The van der Waals surface area contributed by atoms with E-state index in [-0.39, 0.29) is 28.3 Å². The first-order valence-electron chi connectivity index (χ1n) is 8.18. The number of aromatic hydroxyl groups is 2. The molecule has 27 heavy (non-hydrogen) atoms. The maximum absolute atomic E-state index is 9.54. The van der Waals surface area contributed by atoms with Gasteiger partial charge in [-0.05, 0) is 36.4 Å². The van der Waals surface area contributed by atoms with E-state index in [1.165, 1.54) is 0 Å². The van der Waals surface area contributed by atoms with Crippen molar-refractivity contribution in [3.05, 3.63) is 90.3 Å². The first-order valence-corrected chi connectivity index (χ1v) is 8.18. The predicted octanol–water partition coefficient (Wildman–Crippen LogP) is 3.71. The Morgan fingerprint density at radius 1 is 0.667 bits per heavy atom. The Balaban J connectivity index is 0.000000444. The van der Waals surface area contributed by atoms with E-state index in [0.717, 1.165) is 0 Å². The van der Waals surface area contributed by atoms with Gasteiger partial charge in [-0.25, -0.2) is 0 Å². The van der Waals surface area contributed by atoms with Crippen molar-refractivity contribution in [3.8, 4) is 11.5 Å². The van der Waals surface area contributed by atoms with Gasteiger partial charge >= 0.3 is 16.8 Å². The molecule has 0 saturated heterocycles. The van der Waals surface area contributed by atoms with E-state index >= 15 is 0 Å². The smallest absolute Gasteiger partial charge is 0.507 e. The van der Waals surface area contributed by atoms with E-state index in [9.17, 15) is 10.2 Å². The summed E-state index contributed by atoms with van der Waals surface area (Å²) in [5.41, 5.74) is 1.38. The van der Waals surface area contributed by atoms with Crippen LogP contribution in [0, 0.1) is 0 Å². The summed E-state index contributed by atoms with van der Waals surface area (Å²) in [5.74, 6) is 0.433. The van der Waals surface area contributed by atoms with Crippen LogP contribution in [0.1, 0.15) is 11.1 Å². The minimum absolute atomic E-state index is 0. The summed E-state index contributed by atoms with van der Waals surface area (Å²) in [6.07, 6.45) is 6.76. The van der Waals surface area contributed by atoms with Gasteiger partial charge in [-0.1, -0.05) is 30.3 Å². The summed E-state index contributed by atoms with van der Waals surface area (Å²) in [4.78, 5) is 12.2. The predicted molar refractivity (Wildman–Crippen MR) is 105 cm³/mol. The number of pyridine rings is 1. The van der Waals surface area contributed by atoms with Gasteiger partial charge in [-0.3, -0.25) is 15.0 Å². The van der Waals surface area contributed by atoms with Crippen molar-refractivity contribution in [2.75, 3.05) is 13.1 Å². The average Bonchev–Trinajstić information content (AvgIpc) is 2.69. The second-order valence-electron chi connectivity index (χ2n) is 5.21. The number of nitrogens with zero attached hydrogens (tertiary/aromatic N) is 3. The van der Waals surface area contributed by atoms with E-state index < -0.39 is 0 Å². The van der Waals surface area contributed by atoms with Crippen LogP contribution in [-0.2, 0) is 16.8 Å². The Labute approximate surface area is 169 Å². The molecule has 0 aliphatic heterocycles. The number of para-hydroxylation sites is 2. The summed E-state index contributed by atoms with van der Waals surface area (Å²) in [7, 11) is 0. The monoisotopic (exact) mass is 406 g/mol. The minimum Gasteiger partial charge on any atom is -0.507 e. The number of hydrogen-bond acceptors (Lipinski definition) is 5. The molecular weight excluding hydrogens is 385 g/mol. The molecule has 0 amide bonds. The van der Waals surface area contributed by atoms with E-state index in [4.69, 9.17) is 0 Å². The van der Waals surface area contributed by atoms with Gasteiger partial charge in [-0.15, -0.1) is 0 Å². The molecule has 0 saturated carbocycles. The fraction of sp³-hybridized carbons (Fsp3) is 0.0952. The third-order valence-electron chi connectivity index (χ3n) is 3.26. The number of rotatable bonds is 5. The SMILES string of the molecule is Oc1ccccc1C=NCCN=Cc1ccccc1O.[Co+3].c1ccncc1. The van der Waals surface area contributed by atoms with Crippen molar-refractivity contribution in [1.29, 1.82) is 0 Å². The second-order valence-corrected chi connectivity index (χ2v) is 5.21. The van der Waals surface area contributed by atoms with Crippen molar-refractivity contribution < 1.29 is 27.0 Å². The van der Waals surface area contributed by atoms with Gasteiger partial charge in [0.1, 0.15) is 11.5 Å². The molecule has 0 atom stereocenters. The average molecular weight is 406 g/mol. The van der Waals surface area contributed by atoms with Crippen molar-refractivity contribution >= 4 is 12.4 Å². The summed E-state index contributed by atoms with van der Waals surface area (Å²) in [5, 5.41) is 19.1. The molecule has 3 aromatic rings. The number of aliphatic imine (C=N–C) groups is 2. The van der Waals surface area contributed by atoms with Crippen LogP contribution in [0.4, 0.5) is 0 Å². The quantitative estimate of drug-likeness (QED) is 0.501. The Bertz CT molecular complexity index is 757. The molecule has 3 rings (SSSR count). The molecule has 0 unspecified atom stereocenters. The fourth-order valence-corrected chi connectivity index (χ4v) is 1.95. The van der Waals surface area contributed by atoms with Gasteiger partial charge in [0.05, 0.1) is 13.1 Å². The Kier molecular flexibility index (Phi) is 10.8. The van der Waals surface area contributed by atoms with Crippen molar-refractivity contribution in [1.82, 2.24) is 4.98 Å². The number of phenols is 2. The molecule has 6 heteroatoms. The molecule has 138 valence electrons. The summed E-state index contributed by atoms with van der Waals surface area (Å²) < 4.78 is 0. The normalized spacial score (nSPS) is 10.2. The molecule has 2 aromatic carbocycles. The van der Waals surface area contributed by atoms with Gasteiger partial charge < -0.3 is 10.2 Å². The molecule has 0 aliphatic rings. The molecule has 2 N–H and O–H groups in total. The summed E-state index contributed by atoms with van der Waals surface area (Å²) >= 11 is 0. The van der Waals surface area contributed by atoms with E-state index in [1.807, 2.05) is 30.3 Å². The number of hydrogen-bond donors (Lipinski definition) is 2. The fourth-order valence-electron chi connectivity index (χ4n) is 1.95. The van der Waals surface area contributed by atoms with Crippen LogP contribution >= 0.6 is 0 Å². The van der Waals surface area contributed by atoms with Crippen molar-refractivity contribution in [2.45, 2.75) is 0 Å². The topological polar surface area (TPSA) is 78.1 Å². The first kappa shape index (κ1) is 22.1. The van der Waals surface area contributed by atoms with Crippen LogP contribution in [-0.4, -0.2) is 40.7 Å². The molecule has 1 aromatic heterocycles. The van der Waals surface area contributed by atoms with E-state index in [1.54, 1.807) is 61.2 Å². The number of benzene rings is 2. The molecular formula is C21H21CoN3O2+3. The Morgan fingerprint density at radius 3 is 1.44 bits per heavy atom. The molecule has 0 spiro atoms. The summed E-state index contributed by atoms with van der Waals surface area (Å²) in [6.45, 7) is 1.05. The van der Waals surface area contributed by atoms with Gasteiger partial charge in [-0.2, -0.15) is 0 Å². The Morgan fingerprint density at radius 2 is 1.11 bits per heavy atom. The third-order valence-corrected chi connectivity index (χ3v) is 3.26. The first-order chi connectivity index (χ1) is 12.8. The van der Waals surface area contributed by atoms with Crippen LogP contribution < -0.4 is 0 Å². The second kappa shape index (κ2) is 13.3. The van der Waals surface area contributed by atoms with Crippen LogP contribution in [0.2, 0.25) is 0 Å². The molecule has 0 fully saturated rings. The minimum atomic E-state index is 0. The van der Waals surface area contributed by atoms with Crippen molar-refractivity contribution in [3.63, 3.8) is 0 Å². The molecule has 1 heterocycles. The number of aromatic nitrogens is 1. The largest absolute Gasteiger partial charge is 3.00 e. The summed E-state index contributed by atoms with van der Waals surface area (Å²) in [6, 6.07) is 19.8. The maximum Gasteiger partial charge on any atom is 3.00 e. The number of phenolic OH excluding ortho intramolecular Hbond substituents is 2. The maximum atomic E-state index is 9.54. The van der Waals surface area contributed by atoms with Crippen molar-refractivity contribution in [2.24, 2.45) is 9.98 Å². The van der Waals surface area contributed by atoms with Crippen LogP contribution in [0.15, 0.2) is 89.1 Å². The van der Waals surface area contributed by atoms with Gasteiger partial charge in [0.15, 0.2) is 0 Å². The van der Waals surface area contributed by atoms with Crippen LogP contribution in [0.5, 0.6) is 11.5 Å². The molecule has 0 bridgehead atoms. The zero-order valence-electron chi connectivity index (χ0n) is 14.6. The van der Waals surface area contributed by atoms with E-state index in [0.29, 0.717) is 24.2 Å². The molecule has 5 nitrogen and oxygen atoms in total. The zero-order chi connectivity index (χ0) is 18.5. The van der Waals surface area contributed by atoms with Gasteiger partial charge in [0.2, 0.25) is 0 Å². The van der Waals surface area contributed by atoms with Crippen LogP contribution in [0.25, 0.3) is 0 Å². The standard InChI is InChI=1S/C16H16N2O2.C5H5N.Co/c19-15-7-3-1-5-13(15)11-17-9-10-18-12-14-6-2-4-8-16(14)20;1-2-4-6-5-3-1;/h1-8,11-12,19-20H,9-10H2;1-5H;/q;;+3. The van der Waals surface area contributed by atoms with Crippen LogP contribution in [0.3, 0.4) is 0 Å². The van der Waals surface area contributed by atoms with Gasteiger partial charge in [0.25, 0.3) is 0 Å². The molecule has 0 radical (unpaired) electrons.